The van der Waals surface area contributed by atoms with Crippen LogP contribution in [0.1, 0.15) is 71.6 Å². The molecule has 7 atom stereocenters. The third kappa shape index (κ3) is 3.38. The summed E-state index contributed by atoms with van der Waals surface area (Å²) in [6, 6.07) is 0. The minimum absolute atomic E-state index is 0.0246. The Morgan fingerprint density at radius 2 is 1.82 bits per heavy atom. The van der Waals surface area contributed by atoms with Crippen molar-refractivity contribution in [3.05, 3.63) is 11.6 Å². The van der Waals surface area contributed by atoms with Crippen molar-refractivity contribution in [2.24, 2.45) is 22.7 Å². The van der Waals surface area contributed by atoms with Crippen LogP contribution < -0.4 is 0 Å². The molecule has 34 heavy (non-hydrogen) atoms. The molecule has 3 N–H and O–H groups in total. The van der Waals surface area contributed by atoms with Crippen LogP contribution in [-0.4, -0.2) is 62.8 Å². The fourth-order valence-corrected chi connectivity index (χ4v) is 7.58. The fourth-order valence-electron chi connectivity index (χ4n) is 7.58. The van der Waals surface area contributed by atoms with Gasteiger partial charge in [-0.2, -0.15) is 0 Å². The molecule has 0 amide bonds. The highest BCUT2D eigenvalue weighted by atomic mass is 19.1. The molecule has 3 saturated carbocycles. The second-order valence-corrected chi connectivity index (χ2v) is 11.0. The monoisotopic (exact) mass is 480 g/mol. The van der Waals surface area contributed by atoms with Crippen molar-refractivity contribution in [1.82, 2.24) is 0 Å². The maximum absolute atomic E-state index is 17.0. The number of aliphatic hydroxyl groups is 2. The maximum atomic E-state index is 17.0. The lowest BCUT2D eigenvalue weighted by Crippen LogP contribution is -2.69. The Labute approximate surface area is 197 Å². The lowest BCUT2D eigenvalue weighted by Gasteiger charge is -2.63. The summed E-state index contributed by atoms with van der Waals surface area (Å²) in [5, 5.41) is 31.5. The zero-order valence-electron chi connectivity index (χ0n) is 19.6. The molecule has 0 aromatic rings. The highest BCUT2D eigenvalue weighted by Crippen LogP contribution is 2.70. The van der Waals surface area contributed by atoms with Crippen molar-refractivity contribution in [2.75, 3.05) is 6.61 Å². The number of aliphatic hydroxyl groups excluding tert-OH is 1. The summed E-state index contributed by atoms with van der Waals surface area (Å²) in [5.74, 6) is -3.71. The Kier molecular flexibility index (Phi) is 6.04. The molecular formula is C25H33FO8. The Hall–Kier alpha value is -2.13. The van der Waals surface area contributed by atoms with Gasteiger partial charge in [0, 0.05) is 23.2 Å². The number of halogens is 1. The quantitative estimate of drug-likeness (QED) is 0.492. The molecule has 0 bridgehead atoms. The summed E-state index contributed by atoms with van der Waals surface area (Å²) in [4.78, 5) is 47.4. The highest BCUT2D eigenvalue weighted by molar-refractivity contribution is 5.92. The Morgan fingerprint density at radius 3 is 2.50 bits per heavy atom. The zero-order valence-corrected chi connectivity index (χ0v) is 19.6. The van der Waals surface area contributed by atoms with E-state index in [1.54, 1.807) is 13.8 Å². The van der Waals surface area contributed by atoms with Gasteiger partial charge in [0.2, 0.25) is 5.78 Å². The van der Waals surface area contributed by atoms with E-state index < -0.39 is 64.9 Å². The lowest BCUT2D eigenvalue weighted by molar-refractivity contribution is -0.227. The normalized spacial score (nSPS) is 43.3. The third-order valence-electron chi connectivity index (χ3n) is 9.56. The van der Waals surface area contributed by atoms with E-state index in [1.807, 2.05) is 0 Å². The number of hydrogen-bond donors (Lipinski definition) is 3. The smallest absolute Gasteiger partial charge is 0.306 e. The number of carboxylic acids is 1. The molecule has 0 aromatic carbocycles. The van der Waals surface area contributed by atoms with E-state index in [9.17, 15) is 29.4 Å². The standard InChI is InChI=1S/C25H33FO8/c1-22-9-7-15(27)11-14(22)3-4-17-16-8-10-24(33,23(16,2)12-18(28)25(17,22)26)19(29)13-34-21(32)6-5-20(30)31/h11,16-18,28,33H,3-10,12-13H2,1-2H3,(H,30,31)/t16-,17-,18-,22-,23-,24-,25-/m0/s1. The Balaban J connectivity index is 1.57. The van der Waals surface area contributed by atoms with Crippen LogP contribution in [0.25, 0.3) is 0 Å². The topological polar surface area (TPSA) is 138 Å². The van der Waals surface area contributed by atoms with Crippen LogP contribution in [0.5, 0.6) is 0 Å². The Bertz CT molecular complexity index is 961. The number of rotatable bonds is 6. The van der Waals surface area contributed by atoms with Crippen LogP contribution in [0.4, 0.5) is 4.39 Å². The summed E-state index contributed by atoms with van der Waals surface area (Å²) < 4.78 is 22.0. The van der Waals surface area contributed by atoms with Crippen LogP contribution in [0.3, 0.4) is 0 Å². The number of esters is 1. The molecule has 9 heteroatoms. The minimum atomic E-state index is -1.97. The van der Waals surface area contributed by atoms with Gasteiger partial charge in [-0.1, -0.05) is 19.4 Å². The van der Waals surface area contributed by atoms with Crippen molar-refractivity contribution in [1.29, 1.82) is 0 Å². The Morgan fingerprint density at radius 1 is 1.12 bits per heavy atom. The highest BCUT2D eigenvalue weighted by Gasteiger charge is 2.74. The minimum Gasteiger partial charge on any atom is -0.481 e. The molecular weight excluding hydrogens is 447 g/mol. The predicted molar refractivity (Wildman–Crippen MR) is 116 cm³/mol. The summed E-state index contributed by atoms with van der Waals surface area (Å²) in [6.07, 6.45) is 1.11. The van der Waals surface area contributed by atoms with E-state index in [2.05, 4.69) is 0 Å². The van der Waals surface area contributed by atoms with Crippen LogP contribution in [-0.2, 0) is 23.9 Å². The van der Waals surface area contributed by atoms with Gasteiger partial charge >= 0.3 is 11.9 Å². The summed E-state index contributed by atoms with van der Waals surface area (Å²) in [7, 11) is 0. The number of Topliss-reactive ketones (excluding diaryl/α,β-unsaturated/α-hetero) is 1. The molecule has 0 saturated heterocycles. The van der Waals surface area contributed by atoms with E-state index in [0.29, 0.717) is 25.7 Å². The van der Waals surface area contributed by atoms with Gasteiger partial charge in [-0.25, -0.2) is 4.39 Å². The number of carboxylic acid groups (broad SMARTS) is 1. The van der Waals surface area contributed by atoms with Crippen molar-refractivity contribution in [2.45, 2.75) is 89.0 Å². The van der Waals surface area contributed by atoms with Gasteiger partial charge in [0.25, 0.3) is 0 Å². The number of carbonyl (C=O) groups excluding carboxylic acids is 3. The number of alkyl halides is 1. The first kappa shape index (κ1) is 25.0. The van der Waals surface area contributed by atoms with E-state index in [4.69, 9.17) is 9.84 Å². The maximum Gasteiger partial charge on any atom is 0.306 e. The molecule has 0 aliphatic heterocycles. The molecule has 4 rings (SSSR count). The van der Waals surface area contributed by atoms with Gasteiger partial charge in [-0.15, -0.1) is 0 Å². The largest absolute Gasteiger partial charge is 0.481 e. The molecule has 3 fully saturated rings. The van der Waals surface area contributed by atoms with Crippen molar-refractivity contribution < 1.29 is 43.6 Å². The van der Waals surface area contributed by atoms with E-state index in [1.165, 1.54) is 6.08 Å². The van der Waals surface area contributed by atoms with Gasteiger partial charge < -0.3 is 20.1 Å². The molecule has 8 nitrogen and oxygen atoms in total. The number of fused-ring (bicyclic) bond motifs is 5. The number of aliphatic carboxylic acids is 1. The number of hydrogen-bond acceptors (Lipinski definition) is 7. The van der Waals surface area contributed by atoms with Gasteiger partial charge in [0.1, 0.15) is 11.3 Å². The summed E-state index contributed by atoms with van der Waals surface area (Å²) >= 11 is 0. The number of ether oxygens (including phenoxy) is 1. The molecule has 0 heterocycles. The fraction of sp³-hybridized carbons (Fsp3) is 0.760. The van der Waals surface area contributed by atoms with Crippen molar-refractivity contribution in [3.8, 4) is 0 Å². The van der Waals surface area contributed by atoms with Crippen LogP contribution in [0.2, 0.25) is 0 Å². The van der Waals surface area contributed by atoms with Gasteiger partial charge in [-0.05, 0) is 50.5 Å². The molecule has 0 spiro atoms. The molecule has 4 aliphatic carbocycles. The van der Waals surface area contributed by atoms with Gasteiger partial charge in [-0.3, -0.25) is 19.2 Å². The number of allylic oxidation sites excluding steroid dienone is 1. The average molecular weight is 481 g/mol. The summed E-state index contributed by atoms with van der Waals surface area (Å²) in [5.41, 5.74) is -5.22. The SMILES string of the molecule is C[C@]12CCC(=O)C=C1CC[C@H]1[C@@H]3CC[C@](O)(C(=O)COC(=O)CCC(=O)O)[C@@]3(C)C[C@H](O)[C@@]12F. The number of ketones is 2. The molecule has 0 unspecified atom stereocenters. The van der Waals surface area contributed by atoms with Crippen LogP contribution >= 0.6 is 0 Å². The van der Waals surface area contributed by atoms with Crippen LogP contribution in [0, 0.1) is 22.7 Å². The predicted octanol–water partition coefficient (Wildman–Crippen LogP) is 2.29. The summed E-state index contributed by atoms with van der Waals surface area (Å²) in [6.45, 7) is 2.79. The van der Waals surface area contributed by atoms with E-state index in [-0.39, 0.29) is 37.4 Å². The molecule has 0 radical (unpaired) electrons. The van der Waals surface area contributed by atoms with E-state index >= 15 is 4.39 Å². The first-order valence-electron chi connectivity index (χ1n) is 12.0. The second kappa shape index (κ2) is 8.22. The molecule has 0 aromatic heterocycles. The van der Waals surface area contributed by atoms with Crippen molar-refractivity contribution >= 4 is 23.5 Å². The molecule has 188 valence electrons. The van der Waals surface area contributed by atoms with Crippen molar-refractivity contribution in [3.63, 3.8) is 0 Å². The van der Waals surface area contributed by atoms with Crippen LogP contribution in [0.15, 0.2) is 11.6 Å². The zero-order chi connectivity index (χ0) is 25.1. The lowest BCUT2D eigenvalue weighted by atomic mass is 9.44. The average Bonchev–Trinajstić information content (AvgIpc) is 3.03. The second-order valence-electron chi connectivity index (χ2n) is 11.0. The first-order valence-corrected chi connectivity index (χ1v) is 12.0. The van der Waals surface area contributed by atoms with E-state index in [0.717, 1.165) is 5.57 Å². The first-order chi connectivity index (χ1) is 15.8. The van der Waals surface area contributed by atoms with Gasteiger partial charge in [0.05, 0.1) is 18.9 Å². The van der Waals surface area contributed by atoms with Gasteiger partial charge in [0.15, 0.2) is 12.4 Å². The third-order valence-corrected chi connectivity index (χ3v) is 9.56. The number of carbonyl (C=O) groups is 4. The molecule has 4 aliphatic rings.